The Morgan fingerprint density at radius 1 is 1.17 bits per heavy atom. The number of benzene rings is 1. The molecule has 0 bridgehead atoms. The molecule has 3 aromatic heterocycles. The second kappa shape index (κ2) is 8.16. The number of thioether (sulfide) groups is 1. The van der Waals surface area contributed by atoms with E-state index in [0.29, 0.717) is 48.4 Å². The predicted octanol–water partition coefficient (Wildman–Crippen LogP) is 3.86. The Hall–Kier alpha value is -2.18. The summed E-state index contributed by atoms with van der Waals surface area (Å²) in [5.74, 6) is 1.26. The number of hydrogen-bond donors (Lipinski definition) is 0. The molecule has 0 aliphatic carbocycles. The van der Waals surface area contributed by atoms with E-state index >= 15 is 0 Å². The summed E-state index contributed by atoms with van der Waals surface area (Å²) in [6.07, 6.45) is 0. The largest absolute Gasteiger partial charge is 0.431 e. The molecule has 5 rings (SSSR count). The first-order valence-electron chi connectivity index (χ1n) is 9.20. The second-order valence-electron chi connectivity index (χ2n) is 6.57. The fraction of sp³-hybridized carbons (Fsp3) is 0.263. The van der Waals surface area contributed by atoms with Crippen LogP contribution in [0, 0.1) is 0 Å². The summed E-state index contributed by atoms with van der Waals surface area (Å²) < 4.78 is 43.5. The fourth-order valence-corrected chi connectivity index (χ4v) is 5.92. The minimum Gasteiger partial charge on any atom is -0.431 e. The van der Waals surface area contributed by atoms with Gasteiger partial charge in [0, 0.05) is 24.9 Å². The zero-order valence-corrected chi connectivity index (χ0v) is 18.1. The first-order valence-corrected chi connectivity index (χ1v) is 12.5. The van der Waals surface area contributed by atoms with Crippen molar-refractivity contribution in [3.05, 3.63) is 47.5 Å². The van der Waals surface area contributed by atoms with Crippen molar-refractivity contribution < 1.29 is 22.1 Å². The van der Waals surface area contributed by atoms with Crippen molar-refractivity contribution in [3.63, 3.8) is 0 Å². The maximum Gasteiger partial charge on any atom is 0.257 e. The summed E-state index contributed by atoms with van der Waals surface area (Å²) in [5, 5.41) is 6.52. The number of sulfonamides is 1. The lowest BCUT2D eigenvalue weighted by Crippen LogP contribution is -2.40. The predicted molar refractivity (Wildman–Crippen MR) is 113 cm³/mol. The van der Waals surface area contributed by atoms with Crippen LogP contribution in [0.1, 0.15) is 5.69 Å². The zero-order chi connectivity index (χ0) is 20.6. The molecule has 1 aliphatic rings. The summed E-state index contributed by atoms with van der Waals surface area (Å²) >= 11 is 2.97. The van der Waals surface area contributed by atoms with Gasteiger partial charge in [-0.2, -0.15) is 4.31 Å². The maximum absolute atomic E-state index is 12.8. The summed E-state index contributed by atoms with van der Waals surface area (Å²) in [6.45, 7) is 1.52. The Morgan fingerprint density at radius 3 is 2.83 bits per heavy atom. The number of thiophene rings is 1. The molecule has 1 aliphatic heterocycles. The van der Waals surface area contributed by atoms with Crippen molar-refractivity contribution in [2.24, 2.45) is 0 Å². The minimum atomic E-state index is -3.57. The molecule has 4 heterocycles. The van der Waals surface area contributed by atoms with Gasteiger partial charge in [0.15, 0.2) is 11.3 Å². The average molecular weight is 464 g/mol. The highest BCUT2D eigenvalue weighted by Crippen LogP contribution is 2.30. The number of fused-ring (bicyclic) bond motifs is 1. The topological polar surface area (TPSA) is 98.7 Å². The summed E-state index contributed by atoms with van der Waals surface area (Å²) in [4.78, 5) is 5.67. The number of rotatable bonds is 6. The van der Waals surface area contributed by atoms with Crippen molar-refractivity contribution >= 4 is 44.2 Å². The fourth-order valence-electron chi connectivity index (χ4n) is 3.09. The number of morpholine rings is 1. The molecule has 0 N–H and O–H groups in total. The number of oxazole rings is 1. The molecule has 0 atom stereocenters. The van der Waals surface area contributed by atoms with Crippen LogP contribution in [-0.4, -0.2) is 49.2 Å². The Kier molecular flexibility index (Phi) is 5.37. The standard InChI is InChI=1S/C19H17N3O5S3/c23-30(24,22-5-7-25-8-6-22)14-3-4-16-15(11-14)20-19(26-16)29-12-13-10-17(27-21-13)18-2-1-9-28-18/h1-4,9-11H,5-8,12H2. The van der Waals surface area contributed by atoms with Crippen LogP contribution >= 0.6 is 23.1 Å². The molecular formula is C19H17N3O5S3. The van der Waals surface area contributed by atoms with Crippen molar-refractivity contribution in [2.45, 2.75) is 15.9 Å². The van der Waals surface area contributed by atoms with Crippen molar-refractivity contribution in [1.29, 1.82) is 0 Å². The Bertz CT molecular complexity index is 1260. The van der Waals surface area contributed by atoms with Gasteiger partial charge in [0.1, 0.15) is 5.52 Å². The summed E-state index contributed by atoms with van der Waals surface area (Å²) in [6, 6.07) is 10.6. The molecule has 0 spiro atoms. The quantitative estimate of drug-likeness (QED) is 0.398. The molecule has 0 radical (unpaired) electrons. The third kappa shape index (κ3) is 3.91. The minimum absolute atomic E-state index is 0.207. The number of ether oxygens (including phenoxy) is 1. The van der Waals surface area contributed by atoms with E-state index < -0.39 is 10.0 Å². The van der Waals surface area contributed by atoms with Gasteiger partial charge >= 0.3 is 0 Å². The van der Waals surface area contributed by atoms with Crippen molar-refractivity contribution in [3.8, 4) is 10.6 Å². The molecule has 8 nitrogen and oxygen atoms in total. The first-order chi connectivity index (χ1) is 14.6. The van der Waals surface area contributed by atoms with Gasteiger partial charge < -0.3 is 13.7 Å². The normalized spacial score (nSPS) is 15.7. The molecule has 0 unspecified atom stereocenters. The van der Waals surface area contributed by atoms with Crippen molar-refractivity contribution in [2.75, 3.05) is 26.3 Å². The average Bonchev–Trinajstić information content (AvgIpc) is 3.52. The first kappa shape index (κ1) is 19.8. The van der Waals surface area contributed by atoms with Gasteiger partial charge in [0.25, 0.3) is 5.22 Å². The van der Waals surface area contributed by atoms with Crippen LogP contribution in [0.3, 0.4) is 0 Å². The molecule has 30 heavy (non-hydrogen) atoms. The number of nitrogens with zero attached hydrogens (tertiary/aromatic N) is 3. The van der Waals surface area contributed by atoms with Gasteiger partial charge in [0.2, 0.25) is 10.0 Å². The third-order valence-corrected chi connectivity index (χ3v) is 8.25. The van der Waals surface area contributed by atoms with Crippen LogP contribution in [0.2, 0.25) is 0 Å². The van der Waals surface area contributed by atoms with E-state index in [1.807, 2.05) is 23.6 Å². The van der Waals surface area contributed by atoms with Gasteiger partial charge in [0.05, 0.1) is 28.7 Å². The van der Waals surface area contributed by atoms with E-state index in [2.05, 4.69) is 10.1 Å². The monoisotopic (exact) mass is 463 g/mol. The van der Waals surface area contributed by atoms with Gasteiger partial charge in [-0.05, 0) is 29.6 Å². The Balaban J connectivity index is 1.32. The van der Waals surface area contributed by atoms with E-state index in [-0.39, 0.29) is 4.90 Å². The SMILES string of the molecule is O=S(=O)(c1ccc2oc(SCc3cc(-c4cccs4)on3)nc2c1)N1CCOCC1. The zero-order valence-electron chi connectivity index (χ0n) is 15.7. The van der Waals surface area contributed by atoms with Crippen LogP contribution in [0.25, 0.3) is 21.7 Å². The lowest BCUT2D eigenvalue weighted by molar-refractivity contribution is 0.0730. The third-order valence-electron chi connectivity index (χ3n) is 4.61. The van der Waals surface area contributed by atoms with Crippen LogP contribution in [0.15, 0.2) is 60.8 Å². The Morgan fingerprint density at radius 2 is 2.03 bits per heavy atom. The van der Waals surface area contributed by atoms with Gasteiger partial charge in [-0.25, -0.2) is 13.4 Å². The Labute approximate surface area is 180 Å². The van der Waals surface area contributed by atoms with E-state index in [9.17, 15) is 8.42 Å². The highest BCUT2D eigenvalue weighted by Gasteiger charge is 2.27. The number of aromatic nitrogens is 2. The van der Waals surface area contributed by atoms with Crippen molar-refractivity contribution in [1.82, 2.24) is 14.4 Å². The van der Waals surface area contributed by atoms with E-state index in [0.717, 1.165) is 16.3 Å². The lowest BCUT2D eigenvalue weighted by Gasteiger charge is -2.25. The molecular weight excluding hydrogens is 446 g/mol. The van der Waals surface area contributed by atoms with E-state index in [1.165, 1.54) is 16.1 Å². The summed E-state index contributed by atoms with van der Waals surface area (Å²) in [7, 11) is -3.57. The molecule has 4 aromatic rings. The van der Waals surface area contributed by atoms with Crippen LogP contribution in [-0.2, 0) is 20.5 Å². The molecule has 1 fully saturated rings. The lowest BCUT2D eigenvalue weighted by atomic mass is 10.3. The smallest absolute Gasteiger partial charge is 0.257 e. The second-order valence-corrected chi connectivity index (χ2v) is 10.4. The molecule has 1 aromatic carbocycles. The molecule has 1 saturated heterocycles. The molecule has 11 heteroatoms. The van der Waals surface area contributed by atoms with E-state index in [1.54, 1.807) is 29.5 Å². The van der Waals surface area contributed by atoms with Crippen LogP contribution < -0.4 is 0 Å². The van der Waals surface area contributed by atoms with Crippen LogP contribution in [0.5, 0.6) is 0 Å². The molecule has 0 amide bonds. The van der Waals surface area contributed by atoms with E-state index in [4.69, 9.17) is 13.7 Å². The number of hydrogen-bond acceptors (Lipinski definition) is 9. The van der Waals surface area contributed by atoms with Gasteiger partial charge in [-0.3, -0.25) is 0 Å². The highest BCUT2D eigenvalue weighted by atomic mass is 32.2. The van der Waals surface area contributed by atoms with Gasteiger partial charge in [-0.1, -0.05) is 23.0 Å². The van der Waals surface area contributed by atoms with Crippen LogP contribution in [0.4, 0.5) is 0 Å². The highest BCUT2D eigenvalue weighted by molar-refractivity contribution is 7.98. The molecule has 0 saturated carbocycles. The maximum atomic E-state index is 12.8. The molecule has 156 valence electrons. The summed E-state index contributed by atoms with van der Waals surface area (Å²) in [5.41, 5.74) is 1.82. The van der Waals surface area contributed by atoms with Gasteiger partial charge in [-0.15, -0.1) is 11.3 Å².